The van der Waals surface area contributed by atoms with Gasteiger partial charge in [0.05, 0.1) is 0 Å². The fraction of sp³-hybridized carbons (Fsp3) is 1.00. The Morgan fingerprint density at radius 1 is 0.652 bits per heavy atom. The second-order valence-corrected chi connectivity index (χ2v) is 10.8. The second kappa shape index (κ2) is 11.7. The summed E-state index contributed by atoms with van der Waals surface area (Å²) in [5.41, 5.74) is 13.4. The van der Waals surface area contributed by atoms with Crippen LogP contribution in [-0.4, -0.2) is 23.2 Å². The molecule has 4 nitrogen and oxygen atoms in total. The molecule has 138 valence electrons. The zero-order valence-electron chi connectivity index (χ0n) is 16.1. The molecular weight excluding hydrogens is 456 g/mol. The summed E-state index contributed by atoms with van der Waals surface area (Å²) in [5.74, 6) is 0. The summed E-state index contributed by atoms with van der Waals surface area (Å²) in [5, 5.41) is 0. The number of nitrogens with one attached hydrogen (secondary N) is 2. The molecule has 0 atom stereocenters. The van der Waals surface area contributed by atoms with Crippen LogP contribution in [0.2, 0.25) is 0 Å². The van der Waals surface area contributed by atoms with Gasteiger partial charge in [0.25, 0.3) is 0 Å². The smallest absolute Gasteiger partial charge is 0.0794 e. The van der Waals surface area contributed by atoms with E-state index >= 15 is 0 Å². The van der Waals surface area contributed by atoms with Gasteiger partial charge in [0.2, 0.25) is 0 Å². The molecule has 2 aliphatic carbocycles. The SMILES string of the molecule is C1CCC([N]=[W]=[N]C2CCCC2)C1.CC(C)(C)[NH-].CC(C)(C)[NH-]. The van der Waals surface area contributed by atoms with E-state index in [1.54, 1.807) is 0 Å². The van der Waals surface area contributed by atoms with Crippen LogP contribution in [0.3, 0.4) is 0 Å². The van der Waals surface area contributed by atoms with Crippen molar-refractivity contribution in [2.24, 2.45) is 6.99 Å². The predicted octanol–water partition coefficient (Wildman–Crippen LogP) is 7.00. The van der Waals surface area contributed by atoms with Gasteiger partial charge in [0.15, 0.2) is 0 Å². The molecule has 0 bridgehead atoms. The molecular formula is C18H38N4W-2. The summed E-state index contributed by atoms with van der Waals surface area (Å²) in [4.78, 5) is 0. The third-order valence-electron chi connectivity index (χ3n) is 3.04. The van der Waals surface area contributed by atoms with Crippen molar-refractivity contribution < 1.29 is 18.2 Å². The van der Waals surface area contributed by atoms with E-state index in [1.807, 2.05) is 41.5 Å². The Kier molecular flexibility index (Phi) is 11.8. The van der Waals surface area contributed by atoms with Gasteiger partial charge in [0, 0.05) is 0 Å². The molecule has 0 aromatic heterocycles. The van der Waals surface area contributed by atoms with Crippen LogP contribution in [0.25, 0.3) is 11.5 Å². The summed E-state index contributed by atoms with van der Waals surface area (Å²) in [6, 6.07) is 1.46. The van der Waals surface area contributed by atoms with Crippen molar-refractivity contribution in [3.05, 3.63) is 11.5 Å². The third-order valence-corrected chi connectivity index (χ3v) is 5.86. The fourth-order valence-electron chi connectivity index (χ4n) is 2.18. The Morgan fingerprint density at radius 3 is 1.09 bits per heavy atom. The van der Waals surface area contributed by atoms with Gasteiger partial charge in [-0.25, -0.2) is 0 Å². The molecule has 0 spiro atoms. The third kappa shape index (κ3) is 22.2. The molecule has 0 heterocycles. The topological polar surface area (TPSA) is 72.3 Å². The molecule has 2 aliphatic rings. The van der Waals surface area contributed by atoms with Crippen molar-refractivity contribution in [2.45, 2.75) is 116 Å². The van der Waals surface area contributed by atoms with E-state index < -0.39 is 18.2 Å². The molecule has 0 unspecified atom stereocenters. The maximum Gasteiger partial charge on any atom is -0.0794 e. The molecule has 2 fully saturated rings. The molecule has 0 saturated heterocycles. The van der Waals surface area contributed by atoms with Gasteiger partial charge in [0.1, 0.15) is 0 Å². The van der Waals surface area contributed by atoms with Gasteiger partial charge in [-0.3, -0.25) is 0 Å². The molecule has 2 saturated carbocycles. The van der Waals surface area contributed by atoms with Crippen molar-refractivity contribution in [1.82, 2.24) is 0 Å². The second-order valence-electron chi connectivity index (χ2n) is 8.67. The first kappa shape index (κ1) is 23.2. The first-order valence-corrected chi connectivity index (χ1v) is 11.6. The van der Waals surface area contributed by atoms with E-state index in [1.165, 1.54) is 51.4 Å². The molecule has 2 N–H and O–H groups in total. The minimum atomic E-state index is -0.634. The first-order valence-electron chi connectivity index (χ1n) is 9.01. The predicted molar refractivity (Wildman–Crippen MR) is 97.5 cm³/mol. The van der Waals surface area contributed by atoms with Crippen LogP contribution in [0.15, 0.2) is 6.99 Å². The Hall–Kier alpha value is 0.208. The quantitative estimate of drug-likeness (QED) is 0.397. The van der Waals surface area contributed by atoms with E-state index in [2.05, 4.69) is 0 Å². The summed E-state index contributed by atoms with van der Waals surface area (Å²) in [7, 11) is 0. The standard InChI is InChI=1S/2C5H9N.2C4H10N.W/c2*6-5-3-1-2-4-5;2*1-4(2,3)5;/h2*5H,1-4H2;2*5H,1-3H3;/q;;2*-1;. The fourth-order valence-corrected chi connectivity index (χ4v) is 4.85. The molecule has 0 aromatic carbocycles. The van der Waals surface area contributed by atoms with E-state index in [0.29, 0.717) is 0 Å². The molecule has 0 aliphatic heterocycles. The zero-order valence-corrected chi connectivity index (χ0v) is 19.0. The Morgan fingerprint density at radius 2 is 0.870 bits per heavy atom. The minimum Gasteiger partial charge on any atom is -0.673 e. The van der Waals surface area contributed by atoms with Crippen LogP contribution in [0.4, 0.5) is 0 Å². The zero-order chi connectivity index (χ0) is 17.9. The van der Waals surface area contributed by atoms with Crippen LogP contribution >= 0.6 is 0 Å². The maximum absolute atomic E-state index is 6.94. The monoisotopic (exact) mass is 494 g/mol. The van der Waals surface area contributed by atoms with Crippen molar-refractivity contribution in [2.75, 3.05) is 0 Å². The number of nitrogens with zero attached hydrogens (tertiary/aromatic N) is 2. The van der Waals surface area contributed by atoms with Gasteiger partial charge in [-0.05, 0) is 0 Å². The Balaban J connectivity index is 0.000000406. The van der Waals surface area contributed by atoms with Crippen molar-refractivity contribution in [1.29, 1.82) is 0 Å². The van der Waals surface area contributed by atoms with Gasteiger partial charge >= 0.3 is 88.6 Å². The summed E-state index contributed by atoms with van der Waals surface area (Å²) in [6.45, 7) is 11.1. The van der Waals surface area contributed by atoms with E-state index in [0.717, 1.165) is 12.1 Å². The van der Waals surface area contributed by atoms with Crippen LogP contribution < -0.4 is 0 Å². The van der Waals surface area contributed by atoms with Crippen LogP contribution in [0.5, 0.6) is 0 Å². The van der Waals surface area contributed by atoms with Crippen molar-refractivity contribution in [3.8, 4) is 0 Å². The van der Waals surface area contributed by atoms with Crippen molar-refractivity contribution >= 4 is 0 Å². The molecule has 23 heavy (non-hydrogen) atoms. The largest absolute Gasteiger partial charge is 0.673 e. The average Bonchev–Trinajstić information content (AvgIpc) is 2.96. The Bertz CT molecular complexity index is 306. The minimum absolute atomic E-state index is 0.250. The Labute approximate surface area is 152 Å². The summed E-state index contributed by atoms with van der Waals surface area (Å²) < 4.78 is 9.57. The average molecular weight is 494 g/mol. The first-order chi connectivity index (χ1) is 10.4. The summed E-state index contributed by atoms with van der Waals surface area (Å²) in [6.07, 6.45) is 11.1. The van der Waals surface area contributed by atoms with E-state index in [9.17, 15) is 0 Å². The number of hydrogen-bond donors (Lipinski definition) is 0. The normalized spacial score (nSPS) is 19.3. The van der Waals surface area contributed by atoms with Crippen LogP contribution in [-0.2, 0) is 18.2 Å². The van der Waals surface area contributed by atoms with Gasteiger partial charge in [-0.15, -0.1) is 11.1 Å². The van der Waals surface area contributed by atoms with Crippen molar-refractivity contribution in [3.63, 3.8) is 0 Å². The molecule has 2 rings (SSSR count). The molecule has 0 aromatic rings. The molecule has 0 radical (unpaired) electrons. The molecule has 0 amide bonds. The molecule has 5 heteroatoms. The number of hydrogen-bond acceptors (Lipinski definition) is 2. The van der Waals surface area contributed by atoms with Crippen LogP contribution in [0.1, 0.15) is 92.9 Å². The van der Waals surface area contributed by atoms with Crippen LogP contribution in [0, 0.1) is 0 Å². The van der Waals surface area contributed by atoms with Gasteiger partial charge in [-0.2, -0.15) is 0 Å². The van der Waals surface area contributed by atoms with Gasteiger partial charge < -0.3 is 11.5 Å². The summed E-state index contributed by atoms with van der Waals surface area (Å²) >= 11 is -0.634. The van der Waals surface area contributed by atoms with E-state index in [4.69, 9.17) is 18.5 Å². The van der Waals surface area contributed by atoms with Gasteiger partial charge in [-0.1, -0.05) is 41.5 Å². The number of rotatable bonds is 2. The maximum atomic E-state index is 6.94. The van der Waals surface area contributed by atoms with E-state index in [-0.39, 0.29) is 11.1 Å².